The van der Waals surface area contributed by atoms with Gasteiger partial charge in [0.15, 0.2) is 0 Å². The number of carbonyl (C=O) groups excluding carboxylic acids is 1. The topological polar surface area (TPSA) is 66.4 Å². The van der Waals surface area contributed by atoms with Gasteiger partial charge in [-0.1, -0.05) is 6.07 Å². The first-order valence-electron chi connectivity index (χ1n) is 5.79. The molecule has 0 fully saturated rings. The van der Waals surface area contributed by atoms with Crippen molar-refractivity contribution in [2.75, 3.05) is 5.32 Å². The van der Waals surface area contributed by atoms with Gasteiger partial charge in [0.1, 0.15) is 10.7 Å². The number of aromatic carboxylic acids is 1. The third-order valence-electron chi connectivity index (χ3n) is 2.79. The molecule has 1 amide bonds. The fraction of sp³-hybridized carbons (Fsp3) is 0.143. The molecule has 6 heteroatoms. The molecule has 0 atom stereocenters. The Morgan fingerprint density at radius 3 is 2.50 bits per heavy atom. The summed E-state index contributed by atoms with van der Waals surface area (Å²) in [7, 11) is 0. The third-order valence-corrected chi connectivity index (χ3v) is 3.93. The van der Waals surface area contributed by atoms with Crippen LogP contribution in [0.5, 0.6) is 0 Å². The van der Waals surface area contributed by atoms with Gasteiger partial charge in [-0.2, -0.15) is 0 Å². The third kappa shape index (κ3) is 2.85. The van der Waals surface area contributed by atoms with Crippen LogP contribution in [0, 0.1) is 19.7 Å². The minimum absolute atomic E-state index is 0.177. The lowest BCUT2D eigenvalue weighted by atomic mass is 10.1. The minimum atomic E-state index is -1.03. The molecule has 0 radical (unpaired) electrons. The summed E-state index contributed by atoms with van der Waals surface area (Å²) >= 11 is 0.975. The van der Waals surface area contributed by atoms with E-state index in [0.29, 0.717) is 16.1 Å². The van der Waals surface area contributed by atoms with E-state index < -0.39 is 17.7 Å². The number of carbonyl (C=O) groups is 2. The van der Waals surface area contributed by atoms with Gasteiger partial charge < -0.3 is 10.4 Å². The number of nitrogens with one attached hydrogen (secondary N) is 1. The van der Waals surface area contributed by atoms with Gasteiger partial charge in [0, 0.05) is 5.56 Å². The van der Waals surface area contributed by atoms with Gasteiger partial charge in [0.2, 0.25) is 0 Å². The fourth-order valence-electron chi connectivity index (χ4n) is 1.77. The Labute approximate surface area is 118 Å². The van der Waals surface area contributed by atoms with Crippen molar-refractivity contribution in [1.82, 2.24) is 0 Å². The highest BCUT2D eigenvalue weighted by Crippen LogP contribution is 2.27. The summed E-state index contributed by atoms with van der Waals surface area (Å²) in [4.78, 5) is 23.2. The van der Waals surface area contributed by atoms with E-state index in [1.54, 1.807) is 19.9 Å². The molecule has 20 heavy (non-hydrogen) atoms. The van der Waals surface area contributed by atoms with Crippen molar-refractivity contribution in [2.45, 2.75) is 13.8 Å². The maximum atomic E-state index is 13.2. The van der Waals surface area contributed by atoms with Crippen LogP contribution in [0.25, 0.3) is 0 Å². The number of carboxylic acids is 1. The number of hydrogen-bond donors (Lipinski definition) is 2. The molecule has 0 aliphatic rings. The second kappa shape index (κ2) is 5.42. The summed E-state index contributed by atoms with van der Waals surface area (Å²) < 4.78 is 13.2. The van der Waals surface area contributed by atoms with Gasteiger partial charge in [-0.3, -0.25) is 4.79 Å². The van der Waals surface area contributed by atoms with Gasteiger partial charge in [-0.15, -0.1) is 11.3 Å². The summed E-state index contributed by atoms with van der Waals surface area (Å²) in [5, 5.41) is 12.0. The predicted molar refractivity (Wildman–Crippen MR) is 75.1 cm³/mol. The summed E-state index contributed by atoms with van der Waals surface area (Å²) in [5.74, 6) is -1.98. The Morgan fingerprint density at radius 2 is 1.90 bits per heavy atom. The number of amides is 1. The predicted octanol–water partition coefficient (Wildman–Crippen LogP) is 3.45. The van der Waals surface area contributed by atoms with E-state index in [1.165, 1.54) is 12.1 Å². The molecule has 0 unspecified atom stereocenters. The Hall–Kier alpha value is -2.21. The van der Waals surface area contributed by atoms with E-state index in [-0.39, 0.29) is 10.4 Å². The van der Waals surface area contributed by atoms with Crippen molar-refractivity contribution in [1.29, 1.82) is 0 Å². The molecular weight excluding hydrogens is 281 g/mol. The molecule has 0 saturated heterocycles. The largest absolute Gasteiger partial charge is 0.477 e. The molecular formula is C14H12FNO3S. The van der Waals surface area contributed by atoms with Crippen LogP contribution in [0.15, 0.2) is 24.3 Å². The van der Waals surface area contributed by atoms with Crippen LogP contribution >= 0.6 is 11.3 Å². The van der Waals surface area contributed by atoms with Crippen molar-refractivity contribution in [3.8, 4) is 0 Å². The first-order valence-corrected chi connectivity index (χ1v) is 6.61. The smallest absolute Gasteiger partial charge is 0.346 e. The molecule has 0 aliphatic carbocycles. The van der Waals surface area contributed by atoms with Crippen molar-refractivity contribution >= 4 is 28.2 Å². The van der Waals surface area contributed by atoms with E-state index in [0.717, 1.165) is 17.4 Å². The summed E-state index contributed by atoms with van der Waals surface area (Å²) in [6.45, 7) is 3.36. The van der Waals surface area contributed by atoms with Crippen LogP contribution in [0.2, 0.25) is 0 Å². The Balaban J connectivity index is 2.26. The first kappa shape index (κ1) is 14.2. The van der Waals surface area contributed by atoms with Crippen LogP contribution in [0.4, 0.5) is 9.39 Å². The molecule has 1 aromatic carbocycles. The SMILES string of the molecule is Cc1ccc(F)cc1C(=O)Nc1cc(C)c(C(=O)O)s1. The standard InChI is InChI=1S/C14H12FNO3S/c1-7-3-4-9(15)6-10(7)13(17)16-11-5-8(2)12(20-11)14(18)19/h3-6H,1-2H3,(H,16,17)(H,18,19). The van der Waals surface area contributed by atoms with Crippen molar-refractivity contribution in [3.05, 3.63) is 51.7 Å². The Kier molecular flexibility index (Phi) is 3.85. The number of thiophene rings is 1. The maximum absolute atomic E-state index is 13.2. The molecule has 1 heterocycles. The van der Waals surface area contributed by atoms with Crippen molar-refractivity contribution in [3.63, 3.8) is 0 Å². The monoisotopic (exact) mass is 293 g/mol. The van der Waals surface area contributed by atoms with E-state index >= 15 is 0 Å². The number of anilines is 1. The highest BCUT2D eigenvalue weighted by Gasteiger charge is 2.15. The van der Waals surface area contributed by atoms with E-state index in [1.807, 2.05) is 0 Å². The number of hydrogen-bond acceptors (Lipinski definition) is 3. The van der Waals surface area contributed by atoms with Crippen LogP contribution in [0.3, 0.4) is 0 Å². The Bertz CT molecular complexity index is 694. The summed E-state index contributed by atoms with van der Waals surface area (Å²) in [6, 6.07) is 5.54. The van der Waals surface area contributed by atoms with E-state index in [4.69, 9.17) is 5.11 Å². The van der Waals surface area contributed by atoms with Gasteiger partial charge in [-0.05, 0) is 43.2 Å². The van der Waals surface area contributed by atoms with Gasteiger partial charge in [0.05, 0.1) is 5.00 Å². The zero-order valence-electron chi connectivity index (χ0n) is 10.9. The van der Waals surface area contributed by atoms with Crippen LogP contribution < -0.4 is 5.32 Å². The number of rotatable bonds is 3. The first-order chi connectivity index (χ1) is 9.38. The number of carboxylic acid groups (broad SMARTS) is 1. The van der Waals surface area contributed by atoms with Crippen molar-refractivity contribution in [2.24, 2.45) is 0 Å². The lowest BCUT2D eigenvalue weighted by Gasteiger charge is -2.05. The molecule has 2 N–H and O–H groups in total. The second-order valence-corrected chi connectivity index (χ2v) is 5.39. The maximum Gasteiger partial charge on any atom is 0.346 e. The number of aryl methyl sites for hydroxylation is 2. The quantitative estimate of drug-likeness (QED) is 0.910. The number of halogens is 1. The molecule has 0 saturated carbocycles. The van der Waals surface area contributed by atoms with E-state index in [2.05, 4.69) is 5.32 Å². The molecule has 2 rings (SSSR count). The zero-order chi connectivity index (χ0) is 14.9. The van der Waals surface area contributed by atoms with Crippen LogP contribution in [-0.4, -0.2) is 17.0 Å². The van der Waals surface area contributed by atoms with Crippen molar-refractivity contribution < 1.29 is 19.1 Å². The molecule has 2 aromatic rings. The zero-order valence-corrected chi connectivity index (χ0v) is 11.7. The molecule has 104 valence electrons. The molecule has 4 nitrogen and oxygen atoms in total. The highest BCUT2D eigenvalue weighted by molar-refractivity contribution is 7.18. The Morgan fingerprint density at radius 1 is 1.20 bits per heavy atom. The molecule has 0 aliphatic heterocycles. The minimum Gasteiger partial charge on any atom is -0.477 e. The molecule has 1 aromatic heterocycles. The summed E-state index contributed by atoms with van der Waals surface area (Å²) in [5.41, 5.74) is 1.46. The fourth-order valence-corrected chi connectivity index (χ4v) is 2.68. The lowest BCUT2D eigenvalue weighted by Crippen LogP contribution is -2.12. The van der Waals surface area contributed by atoms with E-state index in [9.17, 15) is 14.0 Å². The molecule has 0 bridgehead atoms. The van der Waals surface area contributed by atoms with Crippen LogP contribution in [-0.2, 0) is 0 Å². The summed E-state index contributed by atoms with van der Waals surface area (Å²) in [6.07, 6.45) is 0. The highest BCUT2D eigenvalue weighted by atomic mass is 32.1. The molecule has 0 spiro atoms. The van der Waals surface area contributed by atoms with Crippen LogP contribution in [0.1, 0.15) is 31.2 Å². The number of benzene rings is 1. The van der Waals surface area contributed by atoms with Gasteiger partial charge >= 0.3 is 5.97 Å². The second-order valence-electron chi connectivity index (χ2n) is 4.34. The van der Waals surface area contributed by atoms with Gasteiger partial charge in [-0.25, -0.2) is 9.18 Å². The lowest BCUT2D eigenvalue weighted by molar-refractivity contribution is 0.0701. The van der Waals surface area contributed by atoms with Gasteiger partial charge in [0.25, 0.3) is 5.91 Å². The average Bonchev–Trinajstić information content (AvgIpc) is 2.73. The average molecular weight is 293 g/mol. The normalized spacial score (nSPS) is 10.3.